The second-order valence-electron chi connectivity index (χ2n) is 3.77. The molecule has 4 nitrogen and oxygen atoms in total. The minimum atomic E-state index is -3.71. The standard InChI is InChI=1S/C12H10BrClN2O2S/c13-9-7-8(5-6-10(9)14)16-19(17,18)12-4-2-1-3-11(12)15/h1-7,16H,15H2. The predicted octanol–water partition coefficient (Wildman–Crippen LogP) is 3.49. The minimum absolute atomic E-state index is 0.0427. The Morgan fingerprint density at radius 2 is 1.84 bits per heavy atom. The van der Waals surface area contributed by atoms with Crippen LogP contribution in [0.3, 0.4) is 0 Å². The molecule has 0 bridgehead atoms. The molecule has 2 rings (SSSR count). The maximum absolute atomic E-state index is 12.2. The molecular weight excluding hydrogens is 352 g/mol. The van der Waals surface area contributed by atoms with Gasteiger partial charge in [0, 0.05) is 4.47 Å². The van der Waals surface area contributed by atoms with Crippen molar-refractivity contribution >= 4 is 48.9 Å². The fourth-order valence-electron chi connectivity index (χ4n) is 1.50. The van der Waals surface area contributed by atoms with Gasteiger partial charge in [-0.1, -0.05) is 23.7 Å². The molecule has 0 aliphatic heterocycles. The van der Waals surface area contributed by atoms with Gasteiger partial charge in [-0.25, -0.2) is 8.42 Å². The van der Waals surface area contributed by atoms with Gasteiger partial charge in [-0.05, 0) is 46.3 Å². The first kappa shape index (κ1) is 14.2. The molecule has 0 atom stereocenters. The van der Waals surface area contributed by atoms with E-state index in [-0.39, 0.29) is 10.6 Å². The highest BCUT2D eigenvalue weighted by atomic mass is 79.9. The fourth-order valence-corrected chi connectivity index (χ4v) is 3.17. The molecule has 0 unspecified atom stereocenters. The largest absolute Gasteiger partial charge is 0.398 e. The summed E-state index contributed by atoms with van der Waals surface area (Å²) in [7, 11) is -3.71. The molecule has 2 aromatic carbocycles. The summed E-state index contributed by atoms with van der Waals surface area (Å²) in [6.07, 6.45) is 0. The van der Waals surface area contributed by atoms with Crippen LogP contribution in [0.2, 0.25) is 5.02 Å². The molecule has 0 spiro atoms. The molecule has 0 fully saturated rings. The first-order valence-corrected chi connectivity index (χ1v) is 7.88. The molecule has 0 amide bonds. The van der Waals surface area contributed by atoms with Gasteiger partial charge >= 0.3 is 0 Å². The lowest BCUT2D eigenvalue weighted by Crippen LogP contribution is -2.14. The van der Waals surface area contributed by atoms with Gasteiger partial charge in [0.15, 0.2) is 0 Å². The molecular formula is C12H10BrClN2O2S. The third kappa shape index (κ3) is 3.20. The number of nitrogen functional groups attached to an aromatic ring is 1. The van der Waals surface area contributed by atoms with Crippen LogP contribution in [0.25, 0.3) is 0 Å². The van der Waals surface area contributed by atoms with E-state index < -0.39 is 10.0 Å². The van der Waals surface area contributed by atoms with E-state index in [0.29, 0.717) is 15.2 Å². The number of benzene rings is 2. The van der Waals surface area contributed by atoms with Gasteiger partial charge in [0.05, 0.1) is 16.4 Å². The first-order chi connectivity index (χ1) is 8.90. The molecule has 0 heterocycles. The first-order valence-electron chi connectivity index (χ1n) is 5.22. The highest BCUT2D eigenvalue weighted by molar-refractivity contribution is 9.10. The van der Waals surface area contributed by atoms with E-state index in [9.17, 15) is 8.42 Å². The molecule has 0 radical (unpaired) electrons. The van der Waals surface area contributed by atoms with E-state index in [1.54, 1.807) is 30.3 Å². The lowest BCUT2D eigenvalue weighted by atomic mass is 10.3. The Hall–Kier alpha value is -1.24. The van der Waals surface area contributed by atoms with Crippen LogP contribution in [0, 0.1) is 0 Å². The van der Waals surface area contributed by atoms with Crippen LogP contribution in [-0.2, 0) is 10.0 Å². The molecule has 0 aromatic heterocycles. The zero-order valence-electron chi connectivity index (χ0n) is 9.60. The van der Waals surface area contributed by atoms with Crippen molar-refractivity contribution < 1.29 is 8.42 Å². The Labute approximate surface area is 124 Å². The van der Waals surface area contributed by atoms with E-state index in [4.69, 9.17) is 17.3 Å². The van der Waals surface area contributed by atoms with Crippen LogP contribution in [0.4, 0.5) is 11.4 Å². The van der Waals surface area contributed by atoms with Crippen molar-refractivity contribution in [2.75, 3.05) is 10.5 Å². The number of sulfonamides is 1. The minimum Gasteiger partial charge on any atom is -0.398 e. The Balaban J connectivity index is 2.37. The summed E-state index contributed by atoms with van der Waals surface area (Å²) in [5, 5.41) is 0.502. The quantitative estimate of drug-likeness (QED) is 0.822. The van der Waals surface area contributed by atoms with E-state index in [1.807, 2.05) is 0 Å². The Morgan fingerprint density at radius 1 is 1.16 bits per heavy atom. The second kappa shape index (κ2) is 5.40. The number of hydrogen-bond donors (Lipinski definition) is 2. The van der Waals surface area contributed by atoms with Crippen molar-refractivity contribution in [1.82, 2.24) is 0 Å². The maximum atomic E-state index is 12.2. The predicted molar refractivity (Wildman–Crippen MR) is 80.8 cm³/mol. The van der Waals surface area contributed by atoms with E-state index in [0.717, 1.165) is 0 Å². The number of nitrogens with two attached hydrogens (primary N) is 1. The molecule has 0 aliphatic rings. The fraction of sp³-hybridized carbons (Fsp3) is 0. The molecule has 7 heteroatoms. The molecule has 0 aliphatic carbocycles. The zero-order chi connectivity index (χ0) is 14.0. The monoisotopic (exact) mass is 360 g/mol. The zero-order valence-corrected chi connectivity index (χ0v) is 12.8. The Kier molecular flexibility index (Phi) is 4.03. The maximum Gasteiger partial charge on any atom is 0.263 e. The molecule has 19 heavy (non-hydrogen) atoms. The van der Waals surface area contributed by atoms with Crippen LogP contribution in [0.5, 0.6) is 0 Å². The molecule has 2 aromatic rings. The number of hydrogen-bond acceptors (Lipinski definition) is 3. The molecule has 3 N–H and O–H groups in total. The molecule has 100 valence electrons. The summed E-state index contributed by atoms with van der Waals surface area (Å²) in [6.45, 7) is 0. The Morgan fingerprint density at radius 3 is 2.47 bits per heavy atom. The second-order valence-corrected chi connectivity index (χ2v) is 6.68. The van der Waals surface area contributed by atoms with Crippen molar-refractivity contribution in [3.05, 3.63) is 52.0 Å². The van der Waals surface area contributed by atoms with E-state index in [2.05, 4.69) is 20.7 Å². The highest BCUT2D eigenvalue weighted by Crippen LogP contribution is 2.27. The van der Waals surface area contributed by atoms with Gasteiger partial charge in [-0.15, -0.1) is 0 Å². The van der Waals surface area contributed by atoms with E-state index >= 15 is 0 Å². The summed E-state index contributed by atoms with van der Waals surface area (Å²) < 4.78 is 27.4. The summed E-state index contributed by atoms with van der Waals surface area (Å²) in [5.74, 6) is 0. The average molecular weight is 362 g/mol. The van der Waals surface area contributed by atoms with Crippen LogP contribution >= 0.6 is 27.5 Å². The van der Waals surface area contributed by atoms with Crippen LogP contribution in [0.1, 0.15) is 0 Å². The third-order valence-electron chi connectivity index (χ3n) is 2.38. The number of para-hydroxylation sites is 1. The van der Waals surface area contributed by atoms with Crippen molar-refractivity contribution in [3.63, 3.8) is 0 Å². The summed E-state index contributed by atoms with van der Waals surface area (Å²) in [6, 6.07) is 11.0. The molecule has 0 saturated carbocycles. The lowest BCUT2D eigenvalue weighted by molar-refractivity contribution is 0.601. The van der Waals surface area contributed by atoms with Gasteiger partial charge in [-0.3, -0.25) is 4.72 Å². The number of nitrogens with one attached hydrogen (secondary N) is 1. The lowest BCUT2D eigenvalue weighted by Gasteiger charge is -2.10. The average Bonchev–Trinajstić information content (AvgIpc) is 2.34. The van der Waals surface area contributed by atoms with Gasteiger partial charge in [0.2, 0.25) is 0 Å². The van der Waals surface area contributed by atoms with Crippen molar-refractivity contribution in [3.8, 4) is 0 Å². The van der Waals surface area contributed by atoms with Gasteiger partial charge in [0.1, 0.15) is 4.90 Å². The number of anilines is 2. The Bertz CT molecular complexity index is 719. The normalized spacial score (nSPS) is 11.3. The topological polar surface area (TPSA) is 72.2 Å². The van der Waals surface area contributed by atoms with Gasteiger partial charge in [-0.2, -0.15) is 0 Å². The summed E-state index contributed by atoms with van der Waals surface area (Å²) in [4.78, 5) is 0.0427. The summed E-state index contributed by atoms with van der Waals surface area (Å²) >= 11 is 9.08. The smallest absolute Gasteiger partial charge is 0.263 e. The number of halogens is 2. The van der Waals surface area contributed by atoms with Crippen LogP contribution in [0.15, 0.2) is 51.8 Å². The van der Waals surface area contributed by atoms with Gasteiger partial charge < -0.3 is 5.73 Å². The van der Waals surface area contributed by atoms with Gasteiger partial charge in [0.25, 0.3) is 10.0 Å². The van der Waals surface area contributed by atoms with Crippen LogP contribution < -0.4 is 10.5 Å². The SMILES string of the molecule is Nc1ccccc1S(=O)(=O)Nc1ccc(Cl)c(Br)c1. The van der Waals surface area contributed by atoms with Crippen molar-refractivity contribution in [1.29, 1.82) is 0 Å². The highest BCUT2D eigenvalue weighted by Gasteiger charge is 2.17. The number of rotatable bonds is 3. The van der Waals surface area contributed by atoms with Crippen molar-refractivity contribution in [2.24, 2.45) is 0 Å². The third-order valence-corrected chi connectivity index (χ3v) is 5.05. The molecule has 0 saturated heterocycles. The summed E-state index contributed by atoms with van der Waals surface area (Å²) in [5.41, 5.74) is 6.26. The van der Waals surface area contributed by atoms with E-state index in [1.165, 1.54) is 12.1 Å². The van der Waals surface area contributed by atoms with Crippen molar-refractivity contribution in [2.45, 2.75) is 4.90 Å². The van der Waals surface area contributed by atoms with Crippen LogP contribution in [-0.4, -0.2) is 8.42 Å².